The highest BCUT2D eigenvalue weighted by molar-refractivity contribution is 5.84. The maximum Gasteiger partial charge on any atom is 0.126 e. The van der Waals surface area contributed by atoms with Gasteiger partial charge in [-0.1, -0.05) is 29.8 Å². The minimum atomic E-state index is 0.283. The van der Waals surface area contributed by atoms with Crippen LogP contribution in [0.25, 0.3) is 0 Å². The number of aryl methyl sites for hydroxylation is 1. The van der Waals surface area contributed by atoms with Gasteiger partial charge in [0.15, 0.2) is 0 Å². The molecule has 3 rings (SSSR count). The van der Waals surface area contributed by atoms with Crippen molar-refractivity contribution < 1.29 is 5.11 Å². The second-order valence-corrected chi connectivity index (χ2v) is 7.38. The Morgan fingerprint density at radius 3 is 2.29 bits per heavy atom. The van der Waals surface area contributed by atoms with Gasteiger partial charge in [0.2, 0.25) is 0 Å². The third-order valence-electron chi connectivity index (χ3n) is 5.38. The molecule has 0 atom stereocenters. The zero-order valence-corrected chi connectivity index (χ0v) is 17.3. The van der Waals surface area contributed by atoms with Crippen LogP contribution in [-0.4, -0.2) is 60.5 Å². The molecule has 150 valence electrons. The van der Waals surface area contributed by atoms with Crippen LogP contribution in [0.1, 0.15) is 30.5 Å². The summed E-state index contributed by atoms with van der Waals surface area (Å²) < 4.78 is 0. The number of piperazine rings is 1. The van der Waals surface area contributed by atoms with E-state index in [1.807, 2.05) is 18.2 Å². The molecule has 1 N–H and O–H groups in total. The smallest absolute Gasteiger partial charge is 0.126 e. The molecule has 0 radical (unpaired) electrons. The van der Waals surface area contributed by atoms with Crippen LogP contribution >= 0.6 is 0 Å². The third kappa shape index (κ3) is 5.26. The quantitative estimate of drug-likeness (QED) is 0.744. The van der Waals surface area contributed by atoms with Crippen molar-refractivity contribution in [1.82, 2.24) is 9.91 Å². The first-order valence-electron chi connectivity index (χ1n) is 10.2. The largest absolute Gasteiger partial charge is 0.507 e. The lowest BCUT2D eigenvalue weighted by atomic mass is 10.1. The summed E-state index contributed by atoms with van der Waals surface area (Å²) in [5.41, 5.74) is 4.47. The molecule has 1 heterocycles. The fourth-order valence-electron chi connectivity index (χ4n) is 3.53. The number of benzene rings is 2. The van der Waals surface area contributed by atoms with Gasteiger partial charge in [-0.2, -0.15) is 5.10 Å². The number of hydrogen-bond donors (Lipinski definition) is 1. The van der Waals surface area contributed by atoms with Gasteiger partial charge in [0, 0.05) is 63.1 Å². The summed E-state index contributed by atoms with van der Waals surface area (Å²) in [6, 6.07) is 14.6. The van der Waals surface area contributed by atoms with Crippen molar-refractivity contribution in [3.8, 4) is 5.75 Å². The Kier molecular flexibility index (Phi) is 6.93. The van der Waals surface area contributed by atoms with E-state index in [1.54, 1.807) is 6.21 Å². The van der Waals surface area contributed by atoms with E-state index in [2.05, 4.69) is 64.9 Å². The lowest BCUT2D eigenvalue weighted by molar-refractivity contribution is 0.131. The Bertz CT molecular complexity index is 776. The highest BCUT2D eigenvalue weighted by Gasteiger charge is 2.15. The van der Waals surface area contributed by atoms with E-state index >= 15 is 0 Å². The van der Waals surface area contributed by atoms with Gasteiger partial charge >= 0.3 is 0 Å². The molecule has 28 heavy (non-hydrogen) atoms. The first kappa shape index (κ1) is 20.2. The van der Waals surface area contributed by atoms with Crippen molar-refractivity contribution >= 4 is 11.9 Å². The van der Waals surface area contributed by atoms with Gasteiger partial charge < -0.3 is 10.0 Å². The number of rotatable bonds is 7. The summed E-state index contributed by atoms with van der Waals surface area (Å²) in [5, 5.41) is 17.0. The molecular formula is C23H32N4O. The third-order valence-corrected chi connectivity index (χ3v) is 5.38. The van der Waals surface area contributed by atoms with Crippen molar-refractivity contribution in [3.63, 3.8) is 0 Å². The fourth-order valence-corrected chi connectivity index (χ4v) is 3.53. The molecule has 0 amide bonds. The lowest BCUT2D eigenvalue weighted by Gasteiger charge is -2.33. The summed E-state index contributed by atoms with van der Waals surface area (Å²) in [6.45, 7) is 13.0. The van der Waals surface area contributed by atoms with Crippen LogP contribution in [0.5, 0.6) is 5.75 Å². The molecule has 1 aliphatic rings. The maximum absolute atomic E-state index is 10.3. The summed E-state index contributed by atoms with van der Waals surface area (Å²) in [5.74, 6) is 0.283. The summed E-state index contributed by atoms with van der Waals surface area (Å²) in [4.78, 5) is 4.68. The van der Waals surface area contributed by atoms with E-state index in [1.165, 1.54) is 11.1 Å². The Morgan fingerprint density at radius 1 is 1.00 bits per heavy atom. The van der Waals surface area contributed by atoms with Crippen molar-refractivity contribution in [2.75, 3.05) is 44.2 Å². The van der Waals surface area contributed by atoms with Crippen LogP contribution in [0.15, 0.2) is 47.6 Å². The number of nitrogens with zero attached hydrogens (tertiary/aromatic N) is 4. The predicted molar refractivity (Wildman–Crippen MR) is 117 cm³/mol. The minimum absolute atomic E-state index is 0.283. The molecule has 0 unspecified atom stereocenters. The van der Waals surface area contributed by atoms with Crippen molar-refractivity contribution in [3.05, 3.63) is 59.2 Å². The second-order valence-electron chi connectivity index (χ2n) is 7.38. The topological polar surface area (TPSA) is 42.3 Å². The monoisotopic (exact) mass is 380 g/mol. The summed E-state index contributed by atoms with van der Waals surface area (Å²) >= 11 is 0. The predicted octanol–water partition coefficient (Wildman–Crippen LogP) is 3.70. The SMILES string of the molecule is CCN(CC)c1ccc(/C=N/N2CCN(Cc3ccc(C)cc3)CC2)c(O)c1. The molecule has 0 aliphatic carbocycles. The van der Waals surface area contributed by atoms with E-state index in [9.17, 15) is 5.11 Å². The van der Waals surface area contributed by atoms with Crippen LogP contribution in [0.3, 0.4) is 0 Å². The van der Waals surface area contributed by atoms with Crippen LogP contribution in [0.2, 0.25) is 0 Å². The number of anilines is 1. The van der Waals surface area contributed by atoms with Crippen LogP contribution < -0.4 is 4.90 Å². The van der Waals surface area contributed by atoms with Gasteiger partial charge in [-0.3, -0.25) is 9.91 Å². The molecule has 0 bridgehead atoms. The Hall–Kier alpha value is -2.53. The van der Waals surface area contributed by atoms with E-state index < -0.39 is 0 Å². The van der Waals surface area contributed by atoms with Gasteiger partial charge in [-0.05, 0) is 38.5 Å². The standard InChI is InChI=1S/C23H32N4O/c1-4-26(5-2)22-11-10-21(23(28)16-22)17-24-27-14-12-25(13-15-27)18-20-8-6-19(3)7-9-20/h6-11,16-17,28H,4-5,12-15,18H2,1-3H3/b24-17+. The minimum Gasteiger partial charge on any atom is -0.507 e. The average molecular weight is 381 g/mol. The molecule has 1 aliphatic heterocycles. The number of hydrogen-bond acceptors (Lipinski definition) is 5. The van der Waals surface area contributed by atoms with Crippen LogP contribution in [0, 0.1) is 6.92 Å². The van der Waals surface area contributed by atoms with Crippen molar-refractivity contribution in [1.29, 1.82) is 0 Å². The second kappa shape index (κ2) is 9.60. The highest BCUT2D eigenvalue weighted by Crippen LogP contribution is 2.23. The zero-order chi connectivity index (χ0) is 19.9. The Labute approximate surface area is 168 Å². The average Bonchev–Trinajstić information content (AvgIpc) is 2.71. The summed E-state index contributed by atoms with van der Waals surface area (Å²) in [7, 11) is 0. The van der Waals surface area contributed by atoms with Gasteiger partial charge in [-0.15, -0.1) is 0 Å². The first-order chi connectivity index (χ1) is 13.6. The van der Waals surface area contributed by atoms with Gasteiger partial charge in [0.05, 0.1) is 6.21 Å². The normalized spacial score (nSPS) is 15.3. The number of phenolic OH excluding ortho intramolecular Hbond substituents is 1. The number of aromatic hydroxyl groups is 1. The fraction of sp³-hybridized carbons (Fsp3) is 0.435. The van der Waals surface area contributed by atoms with Gasteiger partial charge in [0.1, 0.15) is 5.75 Å². The van der Waals surface area contributed by atoms with E-state index in [4.69, 9.17) is 0 Å². The molecule has 0 saturated carbocycles. The molecule has 0 aromatic heterocycles. The molecule has 1 saturated heterocycles. The number of phenols is 1. The summed E-state index contributed by atoms with van der Waals surface area (Å²) in [6.07, 6.45) is 1.77. The molecular weight excluding hydrogens is 348 g/mol. The lowest BCUT2D eigenvalue weighted by Crippen LogP contribution is -2.43. The number of hydrazone groups is 1. The van der Waals surface area contributed by atoms with Crippen LogP contribution in [0.4, 0.5) is 5.69 Å². The van der Waals surface area contributed by atoms with Crippen molar-refractivity contribution in [2.45, 2.75) is 27.3 Å². The van der Waals surface area contributed by atoms with E-state index in [0.717, 1.165) is 57.1 Å². The Balaban J connectivity index is 1.52. The van der Waals surface area contributed by atoms with Crippen LogP contribution in [-0.2, 0) is 6.54 Å². The molecule has 2 aromatic rings. The van der Waals surface area contributed by atoms with Gasteiger partial charge in [-0.25, -0.2) is 0 Å². The zero-order valence-electron chi connectivity index (χ0n) is 17.3. The molecule has 5 heteroatoms. The van der Waals surface area contributed by atoms with E-state index in [-0.39, 0.29) is 5.75 Å². The van der Waals surface area contributed by atoms with Gasteiger partial charge in [0.25, 0.3) is 0 Å². The molecule has 2 aromatic carbocycles. The first-order valence-corrected chi connectivity index (χ1v) is 10.2. The van der Waals surface area contributed by atoms with E-state index in [0.29, 0.717) is 0 Å². The van der Waals surface area contributed by atoms with Crippen molar-refractivity contribution in [2.24, 2.45) is 5.10 Å². The molecule has 5 nitrogen and oxygen atoms in total. The highest BCUT2D eigenvalue weighted by atomic mass is 16.3. The maximum atomic E-state index is 10.3. The molecule has 1 fully saturated rings. The molecule has 0 spiro atoms. The Morgan fingerprint density at radius 2 is 1.68 bits per heavy atom.